The number of likely N-dealkylation sites (N-methyl/N-ethyl adjacent to an activating group) is 1. The molecule has 0 saturated carbocycles. The molecule has 1 fully saturated rings. The van der Waals surface area contributed by atoms with Crippen LogP contribution in [0.2, 0.25) is 5.02 Å². The molecule has 0 bridgehead atoms. The summed E-state index contributed by atoms with van der Waals surface area (Å²) in [5.41, 5.74) is 5.80. The van der Waals surface area contributed by atoms with E-state index in [9.17, 15) is 31.1 Å². The highest BCUT2D eigenvalue weighted by molar-refractivity contribution is 6.30. The number of carbonyl (C=O) groups is 3. The Bertz CT molecular complexity index is 1970. The molecule has 0 radical (unpaired) electrons. The van der Waals surface area contributed by atoms with Gasteiger partial charge in [-0.15, -0.1) is 10.2 Å². The van der Waals surface area contributed by atoms with Gasteiger partial charge in [0.05, 0.1) is 22.8 Å². The number of nitrogens with zero attached hydrogens (tertiary/aromatic N) is 7. The highest BCUT2D eigenvalue weighted by atomic mass is 35.5. The third-order valence-electron chi connectivity index (χ3n) is 7.21. The third kappa shape index (κ3) is 9.50. The fourth-order valence-corrected chi connectivity index (χ4v) is 5.18. The molecule has 5 aromatic rings. The van der Waals surface area contributed by atoms with Crippen LogP contribution >= 0.6 is 11.6 Å². The first-order chi connectivity index (χ1) is 23.3. The number of benzene rings is 1. The summed E-state index contributed by atoms with van der Waals surface area (Å²) in [5, 5.41) is 31.4. The molecule has 50 heavy (non-hydrogen) atoms. The normalized spacial score (nSPS) is 13.6. The minimum absolute atomic E-state index is 0.0608. The highest BCUT2D eigenvalue weighted by Gasteiger charge is 2.39. The molecule has 1 aromatic carbocycles. The van der Waals surface area contributed by atoms with Crippen molar-refractivity contribution >= 4 is 46.1 Å². The molecule has 5 heterocycles. The predicted molar refractivity (Wildman–Crippen MR) is 166 cm³/mol. The maximum absolute atomic E-state index is 12.3. The summed E-state index contributed by atoms with van der Waals surface area (Å²) in [6.45, 7) is 4.94. The number of likely N-dealkylation sites (tertiary alicyclic amines) is 1. The lowest BCUT2D eigenvalue weighted by molar-refractivity contribution is -0.193. The van der Waals surface area contributed by atoms with Crippen molar-refractivity contribution in [3.8, 4) is 11.4 Å². The SMILES string of the molecule is Cc1nnc2ccc3c(cc(-c4ccn(CCC(=O)NC5CN(C)C5)n4)n3Cc3cccc(Cl)c3)n12.O=C(O)C(F)(F)F.O=C(O)C(F)(F)F. The lowest BCUT2D eigenvalue weighted by Crippen LogP contribution is -2.57. The lowest BCUT2D eigenvalue weighted by atomic mass is 10.1. The van der Waals surface area contributed by atoms with E-state index in [4.69, 9.17) is 36.5 Å². The van der Waals surface area contributed by atoms with Crippen LogP contribution in [-0.4, -0.2) is 100 Å². The number of alkyl halides is 6. The summed E-state index contributed by atoms with van der Waals surface area (Å²) < 4.78 is 69.6. The Hall–Kier alpha value is -5.17. The number of halogens is 7. The van der Waals surface area contributed by atoms with E-state index < -0.39 is 24.3 Å². The molecule has 1 aliphatic rings. The number of hydrogen-bond acceptors (Lipinski definition) is 7. The van der Waals surface area contributed by atoms with Crippen LogP contribution < -0.4 is 5.32 Å². The zero-order valence-electron chi connectivity index (χ0n) is 26.2. The molecule has 1 saturated heterocycles. The van der Waals surface area contributed by atoms with Gasteiger partial charge in [-0.05, 0) is 55.9 Å². The van der Waals surface area contributed by atoms with E-state index in [2.05, 4.69) is 54.6 Å². The predicted octanol–water partition coefficient (Wildman–Crippen LogP) is 4.64. The lowest BCUT2D eigenvalue weighted by Gasteiger charge is -2.36. The summed E-state index contributed by atoms with van der Waals surface area (Å²) >= 11 is 6.28. The molecule has 0 atom stereocenters. The number of aliphatic carboxylic acids is 2. The number of aryl methyl sites for hydroxylation is 2. The smallest absolute Gasteiger partial charge is 0.475 e. The third-order valence-corrected chi connectivity index (χ3v) is 7.45. The van der Waals surface area contributed by atoms with Gasteiger partial charge in [0, 0.05) is 43.8 Å². The van der Waals surface area contributed by atoms with Gasteiger partial charge in [-0.3, -0.25) is 13.9 Å². The van der Waals surface area contributed by atoms with Crippen LogP contribution in [0.5, 0.6) is 0 Å². The van der Waals surface area contributed by atoms with Gasteiger partial charge >= 0.3 is 24.3 Å². The number of carboxylic acids is 2. The second-order valence-electron chi connectivity index (χ2n) is 11.1. The second kappa shape index (κ2) is 15.2. The van der Waals surface area contributed by atoms with Gasteiger partial charge < -0.3 is 25.0 Å². The fourth-order valence-electron chi connectivity index (χ4n) is 4.97. The summed E-state index contributed by atoms with van der Waals surface area (Å²) in [6.07, 6.45) is -7.84. The first-order valence-corrected chi connectivity index (χ1v) is 14.9. The van der Waals surface area contributed by atoms with Crippen LogP contribution in [0, 0.1) is 6.92 Å². The molecule has 0 unspecified atom stereocenters. The van der Waals surface area contributed by atoms with E-state index in [1.54, 1.807) is 0 Å². The Balaban J connectivity index is 0.000000340. The van der Waals surface area contributed by atoms with Crippen LogP contribution in [0.1, 0.15) is 17.8 Å². The van der Waals surface area contributed by atoms with Crippen LogP contribution in [0.4, 0.5) is 26.3 Å². The Kier molecular flexibility index (Phi) is 11.4. The maximum atomic E-state index is 12.3. The monoisotopic (exact) mass is 730 g/mol. The molecule has 20 heteroatoms. The van der Waals surface area contributed by atoms with Gasteiger partial charge in [0.25, 0.3) is 0 Å². The van der Waals surface area contributed by atoms with Crippen molar-refractivity contribution in [1.82, 2.24) is 39.2 Å². The van der Waals surface area contributed by atoms with Crippen molar-refractivity contribution in [3.05, 3.63) is 71.1 Å². The molecular formula is C30H29ClF6N8O5. The Labute approximate surface area is 283 Å². The van der Waals surface area contributed by atoms with E-state index in [-0.39, 0.29) is 11.9 Å². The van der Waals surface area contributed by atoms with Crippen molar-refractivity contribution < 1.29 is 50.9 Å². The molecular weight excluding hydrogens is 702 g/mol. The van der Waals surface area contributed by atoms with Crippen molar-refractivity contribution in [2.24, 2.45) is 0 Å². The molecule has 0 spiro atoms. The molecule has 3 N–H and O–H groups in total. The minimum Gasteiger partial charge on any atom is -0.475 e. The van der Waals surface area contributed by atoms with Crippen LogP contribution in [-0.2, 0) is 27.5 Å². The van der Waals surface area contributed by atoms with E-state index >= 15 is 0 Å². The first-order valence-electron chi connectivity index (χ1n) is 14.5. The van der Waals surface area contributed by atoms with E-state index in [1.807, 2.05) is 48.1 Å². The second-order valence-corrected chi connectivity index (χ2v) is 11.5. The fraction of sp³-hybridized carbons (Fsp3) is 0.333. The average molecular weight is 731 g/mol. The van der Waals surface area contributed by atoms with Crippen molar-refractivity contribution in [1.29, 1.82) is 0 Å². The van der Waals surface area contributed by atoms with Crippen molar-refractivity contribution in [3.63, 3.8) is 0 Å². The number of amides is 1. The number of pyridine rings is 1. The van der Waals surface area contributed by atoms with Gasteiger partial charge in [-0.1, -0.05) is 23.7 Å². The van der Waals surface area contributed by atoms with Crippen LogP contribution in [0.25, 0.3) is 28.1 Å². The number of carboxylic acid groups (broad SMARTS) is 2. The van der Waals surface area contributed by atoms with Gasteiger partial charge in [-0.25, -0.2) is 9.59 Å². The molecule has 6 rings (SSSR count). The first kappa shape index (κ1) is 37.6. The zero-order chi connectivity index (χ0) is 37.0. The summed E-state index contributed by atoms with van der Waals surface area (Å²) in [4.78, 5) is 32.3. The molecule has 1 aliphatic heterocycles. The molecule has 1 amide bonds. The van der Waals surface area contributed by atoms with Gasteiger partial charge in [0.1, 0.15) is 11.5 Å². The topological polar surface area (TPSA) is 160 Å². The standard InChI is InChI=1S/C26H27ClN8O.2C2HF3O2/c1-17-29-30-25-7-6-22-24(35(17)25)13-23(34(22)14-18-4-3-5-19(27)12-18)21-8-10-33(31-21)11-9-26(36)28-20-15-32(2)16-20;2*3-2(4,5)1(6)7/h3-8,10,12-13,20H,9,11,14-16H2,1-2H3,(H,28,36);2*(H,6,7). The Morgan fingerprint density at radius 3 is 2.16 bits per heavy atom. The van der Waals surface area contributed by atoms with Gasteiger partial charge in [-0.2, -0.15) is 31.4 Å². The van der Waals surface area contributed by atoms with E-state index in [1.165, 1.54) is 0 Å². The number of nitrogens with one attached hydrogen (secondary N) is 1. The zero-order valence-corrected chi connectivity index (χ0v) is 27.0. The molecule has 13 nitrogen and oxygen atoms in total. The Morgan fingerprint density at radius 2 is 1.58 bits per heavy atom. The average Bonchev–Trinajstić information content (AvgIpc) is 3.72. The number of carbonyl (C=O) groups excluding carboxylic acids is 1. The van der Waals surface area contributed by atoms with Gasteiger partial charge in [0.2, 0.25) is 5.91 Å². The van der Waals surface area contributed by atoms with Crippen molar-refractivity contribution in [2.45, 2.75) is 44.8 Å². The quantitative estimate of drug-likeness (QED) is 0.203. The molecule has 268 valence electrons. The van der Waals surface area contributed by atoms with E-state index in [0.29, 0.717) is 24.5 Å². The number of rotatable bonds is 7. The van der Waals surface area contributed by atoms with Crippen LogP contribution in [0.15, 0.2) is 54.7 Å². The number of hydrogen-bond donors (Lipinski definition) is 3. The summed E-state index contributed by atoms with van der Waals surface area (Å²) in [5.74, 6) is -4.62. The van der Waals surface area contributed by atoms with E-state index in [0.717, 1.165) is 52.5 Å². The largest absolute Gasteiger partial charge is 0.490 e. The van der Waals surface area contributed by atoms with Crippen LogP contribution in [0.3, 0.4) is 0 Å². The molecule has 0 aliphatic carbocycles. The summed E-state index contributed by atoms with van der Waals surface area (Å²) in [6, 6.07) is 16.3. The highest BCUT2D eigenvalue weighted by Crippen LogP contribution is 2.30. The van der Waals surface area contributed by atoms with Gasteiger partial charge in [0.15, 0.2) is 5.65 Å². The maximum Gasteiger partial charge on any atom is 0.490 e. The number of aromatic nitrogens is 6. The Morgan fingerprint density at radius 1 is 0.940 bits per heavy atom. The minimum atomic E-state index is -5.08. The summed E-state index contributed by atoms with van der Waals surface area (Å²) in [7, 11) is 2.05. The van der Waals surface area contributed by atoms with Crippen molar-refractivity contribution in [2.75, 3.05) is 20.1 Å². The molecule has 4 aromatic heterocycles. The number of fused-ring (bicyclic) bond motifs is 3.